The Balaban J connectivity index is 1.41. The van der Waals surface area contributed by atoms with Gasteiger partial charge in [-0.2, -0.15) is 5.10 Å². The maximum Gasteiger partial charge on any atom is 0.268 e. The number of alkyl halides is 1. The fraction of sp³-hybridized carbons (Fsp3) is 0.129. The van der Waals surface area contributed by atoms with Gasteiger partial charge in [-0.3, -0.25) is 19.3 Å². The Morgan fingerprint density at radius 3 is 2.46 bits per heavy atom. The van der Waals surface area contributed by atoms with Crippen molar-refractivity contribution >= 4 is 39.9 Å². The number of pyridine rings is 1. The van der Waals surface area contributed by atoms with Crippen LogP contribution in [0.3, 0.4) is 0 Å². The molecule has 0 aliphatic rings. The average molecular weight is 661 g/mol. The van der Waals surface area contributed by atoms with Gasteiger partial charge in [0.1, 0.15) is 17.1 Å². The van der Waals surface area contributed by atoms with Crippen LogP contribution in [0.1, 0.15) is 27.2 Å². The van der Waals surface area contributed by atoms with Crippen molar-refractivity contribution in [3.8, 4) is 28.3 Å². The molecule has 0 fully saturated rings. The number of para-hydroxylation sites is 1. The molecule has 0 radical (unpaired) electrons. The number of nitrogens with one attached hydrogen (secondary N) is 2. The van der Waals surface area contributed by atoms with Gasteiger partial charge >= 0.3 is 0 Å². The standard InChI is InChI=1S/C31H29IN6O3/c1-19-13-20(2)38(24-7-5-4-6-8-24)31(40)29(19)30(39)36-23-9-11-25(12-10-23)41-28-14-21(16-32)27(37(3)33)15-26(28)22-17-34-35-18-22/h4-15,17-18H,16,33H2,1-3H3,(H,34,35)(H,36,39). The molecule has 5 rings (SSSR count). The lowest BCUT2D eigenvalue weighted by molar-refractivity contribution is 0.102. The molecule has 5 aromatic rings. The number of ether oxygens (including phenoxy) is 1. The Morgan fingerprint density at radius 2 is 1.83 bits per heavy atom. The summed E-state index contributed by atoms with van der Waals surface area (Å²) in [6.45, 7) is 3.62. The van der Waals surface area contributed by atoms with Crippen molar-refractivity contribution < 1.29 is 9.53 Å². The van der Waals surface area contributed by atoms with Crippen LogP contribution in [-0.4, -0.2) is 27.7 Å². The zero-order chi connectivity index (χ0) is 29.1. The second-order valence-electron chi connectivity index (χ2n) is 9.61. The van der Waals surface area contributed by atoms with Crippen molar-refractivity contribution in [2.24, 2.45) is 5.84 Å². The predicted molar refractivity (Wildman–Crippen MR) is 170 cm³/mol. The highest BCUT2D eigenvalue weighted by molar-refractivity contribution is 14.1. The van der Waals surface area contributed by atoms with E-state index < -0.39 is 5.91 Å². The fourth-order valence-corrected chi connectivity index (χ4v) is 5.36. The Bertz CT molecular complexity index is 1750. The van der Waals surface area contributed by atoms with Gasteiger partial charge in [-0.15, -0.1) is 0 Å². The summed E-state index contributed by atoms with van der Waals surface area (Å²) in [5.74, 6) is 6.85. The number of aromatic nitrogens is 3. The lowest BCUT2D eigenvalue weighted by atomic mass is 10.0. The number of halogens is 1. The number of anilines is 2. The topological polar surface area (TPSA) is 118 Å². The van der Waals surface area contributed by atoms with Gasteiger partial charge in [-0.1, -0.05) is 40.8 Å². The molecule has 0 unspecified atom stereocenters. The van der Waals surface area contributed by atoms with Gasteiger partial charge < -0.3 is 15.1 Å². The van der Waals surface area contributed by atoms with Crippen LogP contribution in [0.4, 0.5) is 11.4 Å². The summed E-state index contributed by atoms with van der Waals surface area (Å²) < 4.78 is 8.59. The molecular formula is C31H29IN6O3. The fourth-order valence-electron chi connectivity index (χ4n) is 4.75. The SMILES string of the molecule is Cc1cc(C)n(-c2ccccc2)c(=O)c1C(=O)Nc1ccc(Oc2cc(CI)c(N(C)N)cc2-c2cn[nH]c2)cc1. The number of nitrogens with zero attached hydrogens (tertiary/aromatic N) is 3. The van der Waals surface area contributed by atoms with Crippen LogP contribution in [-0.2, 0) is 4.43 Å². The highest BCUT2D eigenvalue weighted by Gasteiger charge is 2.19. The molecule has 9 nitrogen and oxygen atoms in total. The van der Waals surface area contributed by atoms with E-state index in [2.05, 4.69) is 38.1 Å². The summed E-state index contributed by atoms with van der Waals surface area (Å²) in [5, 5.41) is 11.4. The van der Waals surface area contributed by atoms with Gasteiger partial charge in [0.25, 0.3) is 11.5 Å². The molecule has 208 valence electrons. The second-order valence-corrected chi connectivity index (χ2v) is 10.4. The lowest BCUT2D eigenvalue weighted by Gasteiger charge is -2.20. The van der Waals surface area contributed by atoms with Crippen LogP contribution in [0, 0.1) is 13.8 Å². The molecular weight excluding hydrogens is 631 g/mol. The molecule has 1 amide bonds. The molecule has 3 aromatic carbocycles. The molecule has 0 aliphatic heterocycles. The average Bonchev–Trinajstić information content (AvgIpc) is 3.49. The molecule has 4 N–H and O–H groups in total. The molecule has 41 heavy (non-hydrogen) atoms. The van der Waals surface area contributed by atoms with E-state index in [0.717, 1.165) is 32.5 Å². The third-order valence-corrected chi connectivity index (χ3v) is 7.51. The largest absolute Gasteiger partial charge is 0.457 e. The van der Waals surface area contributed by atoms with E-state index in [9.17, 15) is 9.59 Å². The van der Waals surface area contributed by atoms with Gasteiger partial charge in [0, 0.05) is 45.9 Å². The van der Waals surface area contributed by atoms with E-state index in [-0.39, 0.29) is 11.1 Å². The number of benzene rings is 3. The zero-order valence-corrected chi connectivity index (χ0v) is 25.0. The van der Waals surface area contributed by atoms with Gasteiger partial charge in [0.05, 0.1) is 11.9 Å². The summed E-state index contributed by atoms with van der Waals surface area (Å²) in [6.07, 6.45) is 3.52. The van der Waals surface area contributed by atoms with Crippen LogP contribution in [0.2, 0.25) is 0 Å². The second kappa shape index (κ2) is 12.0. The molecule has 2 heterocycles. The van der Waals surface area contributed by atoms with Gasteiger partial charge in [0.15, 0.2) is 0 Å². The number of carbonyl (C=O) groups is 1. The Hall–Kier alpha value is -4.42. The third kappa shape index (κ3) is 5.88. The first kappa shape index (κ1) is 28.1. The van der Waals surface area contributed by atoms with Gasteiger partial charge in [-0.25, -0.2) is 5.84 Å². The molecule has 0 saturated heterocycles. The number of amides is 1. The van der Waals surface area contributed by atoms with Crippen molar-refractivity contribution in [3.63, 3.8) is 0 Å². The molecule has 10 heteroatoms. The minimum atomic E-state index is -0.471. The molecule has 0 bridgehead atoms. The Kier molecular flexibility index (Phi) is 8.22. The number of aromatic amines is 1. The number of carbonyl (C=O) groups excluding carboxylic acids is 1. The number of hydrogen-bond donors (Lipinski definition) is 3. The molecule has 0 spiro atoms. The van der Waals surface area contributed by atoms with E-state index in [4.69, 9.17) is 10.6 Å². The lowest BCUT2D eigenvalue weighted by Crippen LogP contribution is -2.31. The van der Waals surface area contributed by atoms with Crippen LogP contribution in [0.5, 0.6) is 11.5 Å². The molecule has 0 aliphatic carbocycles. The van der Waals surface area contributed by atoms with E-state index in [0.29, 0.717) is 28.4 Å². The van der Waals surface area contributed by atoms with E-state index in [1.165, 1.54) is 0 Å². The predicted octanol–water partition coefficient (Wildman–Crippen LogP) is 6.13. The number of rotatable bonds is 8. The van der Waals surface area contributed by atoms with E-state index >= 15 is 0 Å². The number of hydrogen-bond acceptors (Lipinski definition) is 6. The first-order chi connectivity index (χ1) is 19.8. The van der Waals surface area contributed by atoms with Crippen molar-refractivity contribution in [1.82, 2.24) is 14.8 Å². The minimum Gasteiger partial charge on any atom is -0.457 e. The summed E-state index contributed by atoms with van der Waals surface area (Å²) in [7, 11) is 1.80. The normalized spacial score (nSPS) is 10.9. The number of aryl methyl sites for hydroxylation is 2. The van der Waals surface area contributed by atoms with Crippen molar-refractivity contribution in [3.05, 3.63) is 118 Å². The van der Waals surface area contributed by atoms with Crippen molar-refractivity contribution in [1.29, 1.82) is 0 Å². The van der Waals surface area contributed by atoms with Crippen molar-refractivity contribution in [2.75, 3.05) is 17.4 Å². The Morgan fingerprint density at radius 1 is 1.10 bits per heavy atom. The summed E-state index contributed by atoms with van der Waals surface area (Å²) in [6, 6.07) is 22.1. The highest BCUT2D eigenvalue weighted by atomic mass is 127. The monoisotopic (exact) mass is 660 g/mol. The van der Waals surface area contributed by atoms with Crippen LogP contribution in [0.15, 0.2) is 90.0 Å². The van der Waals surface area contributed by atoms with Gasteiger partial charge in [-0.05, 0) is 79.6 Å². The van der Waals surface area contributed by atoms with Gasteiger partial charge in [0.2, 0.25) is 0 Å². The number of H-pyrrole nitrogens is 1. The maximum absolute atomic E-state index is 13.4. The van der Waals surface area contributed by atoms with Crippen LogP contribution < -0.4 is 26.5 Å². The van der Waals surface area contributed by atoms with Crippen LogP contribution in [0.25, 0.3) is 16.8 Å². The number of hydrazine groups is 1. The Labute approximate surface area is 251 Å². The quantitative estimate of drug-likeness (QED) is 0.0798. The highest BCUT2D eigenvalue weighted by Crippen LogP contribution is 2.39. The first-order valence-electron chi connectivity index (χ1n) is 12.8. The first-order valence-corrected chi connectivity index (χ1v) is 14.4. The summed E-state index contributed by atoms with van der Waals surface area (Å²) in [4.78, 5) is 26.7. The van der Waals surface area contributed by atoms with E-state index in [1.54, 1.807) is 60.2 Å². The number of nitrogens with two attached hydrogens (primary N) is 1. The minimum absolute atomic E-state index is 0.0980. The zero-order valence-electron chi connectivity index (χ0n) is 22.8. The maximum atomic E-state index is 13.4. The van der Waals surface area contributed by atoms with Crippen molar-refractivity contribution in [2.45, 2.75) is 18.3 Å². The van der Waals surface area contributed by atoms with Crippen LogP contribution >= 0.6 is 22.6 Å². The molecule has 0 saturated carbocycles. The smallest absolute Gasteiger partial charge is 0.268 e. The van der Waals surface area contributed by atoms with E-state index in [1.807, 2.05) is 55.5 Å². The molecule has 0 atom stereocenters. The summed E-state index contributed by atoms with van der Waals surface area (Å²) in [5.41, 5.74) is 5.95. The third-order valence-electron chi connectivity index (χ3n) is 6.68. The summed E-state index contributed by atoms with van der Waals surface area (Å²) >= 11 is 2.30. The molecule has 2 aromatic heterocycles.